The van der Waals surface area contributed by atoms with Crippen molar-refractivity contribution in [2.45, 2.75) is 36.5 Å². The van der Waals surface area contributed by atoms with Gasteiger partial charge in [0.05, 0.1) is 0 Å². The summed E-state index contributed by atoms with van der Waals surface area (Å²) in [6.45, 7) is 3.92. The van der Waals surface area contributed by atoms with E-state index < -0.39 is 0 Å². The summed E-state index contributed by atoms with van der Waals surface area (Å²) in [5.74, 6) is -0.945. The molecule has 1 saturated heterocycles. The van der Waals surface area contributed by atoms with Gasteiger partial charge in [-0.15, -0.1) is 0 Å². The van der Waals surface area contributed by atoms with Gasteiger partial charge in [0.1, 0.15) is 6.54 Å². The number of imide groups is 1. The van der Waals surface area contributed by atoms with Crippen LogP contribution in [0, 0.1) is 13.8 Å². The zero-order chi connectivity index (χ0) is 18.7. The first-order chi connectivity index (χ1) is 12.4. The van der Waals surface area contributed by atoms with Gasteiger partial charge in [-0.1, -0.05) is 23.9 Å². The molecule has 1 aliphatic heterocycles. The Morgan fingerprint density at radius 1 is 1.04 bits per heavy atom. The lowest BCUT2D eigenvalue weighted by molar-refractivity contribution is -0.141. The van der Waals surface area contributed by atoms with Crippen LogP contribution in [-0.2, 0) is 14.4 Å². The molecule has 2 aromatic rings. The molecule has 5 nitrogen and oxygen atoms in total. The summed E-state index contributed by atoms with van der Waals surface area (Å²) < 4.78 is 0. The fourth-order valence-corrected chi connectivity index (χ4v) is 3.69. The first-order valence-corrected chi connectivity index (χ1v) is 9.22. The molecule has 134 valence electrons. The third-order valence-corrected chi connectivity index (χ3v) is 5.33. The number of carbonyl (C=O) groups excluding carboxylic acids is 3. The van der Waals surface area contributed by atoms with Crippen LogP contribution in [0.2, 0.25) is 0 Å². The van der Waals surface area contributed by atoms with Crippen LogP contribution in [0.3, 0.4) is 0 Å². The van der Waals surface area contributed by atoms with Gasteiger partial charge in [0.15, 0.2) is 0 Å². The van der Waals surface area contributed by atoms with Crippen LogP contribution in [0.25, 0.3) is 0 Å². The van der Waals surface area contributed by atoms with Crippen molar-refractivity contribution >= 4 is 35.2 Å². The molecule has 0 radical (unpaired) electrons. The fraction of sp³-hybridized carbons (Fsp3) is 0.250. The highest BCUT2D eigenvalue weighted by atomic mass is 32.2. The van der Waals surface area contributed by atoms with Crippen molar-refractivity contribution in [3.63, 3.8) is 0 Å². The minimum absolute atomic E-state index is 0.191. The number of benzene rings is 2. The molecular formula is C20H20N2O3S. The second kappa shape index (κ2) is 7.74. The van der Waals surface area contributed by atoms with E-state index in [9.17, 15) is 14.4 Å². The Hall–Kier alpha value is -2.60. The van der Waals surface area contributed by atoms with E-state index in [1.807, 2.05) is 24.3 Å². The Labute approximate surface area is 156 Å². The summed E-state index contributed by atoms with van der Waals surface area (Å²) in [6.07, 6.45) is 0.382. The van der Waals surface area contributed by atoms with Gasteiger partial charge in [-0.3, -0.25) is 19.3 Å². The van der Waals surface area contributed by atoms with Crippen molar-refractivity contribution in [3.8, 4) is 0 Å². The van der Waals surface area contributed by atoms with E-state index in [0.29, 0.717) is 5.69 Å². The van der Waals surface area contributed by atoms with E-state index in [0.717, 1.165) is 9.80 Å². The molecule has 3 rings (SSSR count). The smallest absolute Gasteiger partial charge is 0.244 e. The molecule has 0 spiro atoms. The molecule has 2 aromatic carbocycles. The predicted octanol–water partition coefficient (Wildman–Crippen LogP) is 3.54. The second-order valence-corrected chi connectivity index (χ2v) is 7.43. The number of nitrogens with one attached hydrogen (secondary N) is 1. The van der Waals surface area contributed by atoms with Crippen molar-refractivity contribution in [1.82, 2.24) is 4.90 Å². The number of rotatable bonds is 5. The standard InChI is InChI=1S/C20H20N2O3S/c1-13-3-4-14(2)17(11-13)26-16-7-5-15(6-8-16)21-18(23)12-22-19(24)9-10-20(22)25/h3-8,11H,9-10,12H2,1-2H3,(H,21,23). The number of likely N-dealkylation sites (tertiary alicyclic amines) is 1. The lowest BCUT2D eigenvalue weighted by Crippen LogP contribution is -2.36. The predicted molar refractivity (Wildman–Crippen MR) is 101 cm³/mol. The molecule has 1 heterocycles. The van der Waals surface area contributed by atoms with Gasteiger partial charge >= 0.3 is 0 Å². The minimum atomic E-state index is -0.372. The fourth-order valence-electron chi connectivity index (χ4n) is 2.69. The third kappa shape index (κ3) is 4.32. The van der Waals surface area contributed by atoms with Crippen LogP contribution >= 0.6 is 11.8 Å². The lowest BCUT2D eigenvalue weighted by Gasteiger charge is -2.13. The molecule has 0 atom stereocenters. The first kappa shape index (κ1) is 18.2. The zero-order valence-corrected chi connectivity index (χ0v) is 15.6. The maximum atomic E-state index is 12.1. The van der Waals surface area contributed by atoms with Crippen LogP contribution < -0.4 is 5.32 Å². The highest BCUT2D eigenvalue weighted by Gasteiger charge is 2.30. The van der Waals surface area contributed by atoms with Gasteiger partial charge in [0.25, 0.3) is 0 Å². The van der Waals surface area contributed by atoms with Gasteiger partial charge < -0.3 is 5.32 Å². The number of amides is 3. The second-order valence-electron chi connectivity index (χ2n) is 6.32. The summed E-state index contributed by atoms with van der Waals surface area (Å²) in [5, 5.41) is 2.73. The molecule has 6 heteroatoms. The van der Waals surface area contributed by atoms with Crippen LogP contribution in [0.5, 0.6) is 0 Å². The molecular weight excluding hydrogens is 348 g/mol. The van der Waals surface area contributed by atoms with Crippen LogP contribution in [-0.4, -0.2) is 29.2 Å². The Morgan fingerprint density at radius 2 is 1.69 bits per heavy atom. The quantitative estimate of drug-likeness (QED) is 0.820. The summed E-state index contributed by atoms with van der Waals surface area (Å²) >= 11 is 1.67. The number of nitrogens with zero attached hydrogens (tertiary/aromatic N) is 1. The SMILES string of the molecule is Cc1ccc(C)c(Sc2ccc(NC(=O)CN3C(=O)CCC3=O)cc2)c1. The Bertz CT molecular complexity index is 846. The van der Waals surface area contributed by atoms with E-state index in [4.69, 9.17) is 0 Å². The zero-order valence-electron chi connectivity index (χ0n) is 14.7. The van der Waals surface area contributed by atoms with E-state index in [1.165, 1.54) is 16.0 Å². The summed E-state index contributed by atoms with van der Waals surface area (Å²) in [6, 6.07) is 13.9. The van der Waals surface area contributed by atoms with Gasteiger partial charge in [-0.25, -0.2) is 0 Å². The van der Waals surface area contributed by atoms with Gasteiger partial charge in [0, 0.05) is 28.3 Å². The van der Waals surface area contributed by atoms with E-state index in [2.05, 4.69) is 37.4 Å². The summed E-state index contributed by atoms with van der Waals surface area (Å²) in [4.78, 5) is 38.5. The molecule has 0 unspecified atom stereocenters. The Morgan fingerprint density at radius 3 is 2.35 bits per heavy atom. The first-order valence-electron chi connectivity index (χ1n) is 8.40. The number of hydrogen-bond donors (Lipinski definition) is 1. The average molecular weight is 368 g/mol. The molecule has 0 aliphatic carbocycles. The molecule has 26 heavy (non-hydrogen) atoms. The lowest BCUT2D eigenvalue weighted by atomic mass is 10.2. The average Bonchev–Trinajstić information content (AvgIpc) is 2.92. The largest absolute Gasteiger partial charge is 0.325 e. The number of anilines is 1. The van der Waals surface area contributed by atoms with Crippen LogP contribution in [0.4, 0.5) is 5.69 Å². The van der Waals surface area contributed by atoms with Crippen molar-refractivity contribution in [2.24, 2.45) is 0 Å². The van der Waals surface area contributed by atoms with E-state index >= 15 is 0 Å². The maximum Gasteiger partial charge on any atom is 0.244 e. The Kier molecular flexibility index (Phi) is 5.42. The minimum Gasteiger partial charge on any atom is -0.325 e. The van der Waals surface area contributed by atoms with Gasteiger partial charge in [-0.05, 0) is 55.3 Å². The van der Waals surface area contributed by atoms with Crippen molar-refractivity contribution < 1.29 is 14.4 Å². The summed E-state index contributed by atoms with van der Waals surface area (Å²) in [5.41, 5.74) is 3.07. The van der Waals surface area contributed by atoms with E-state index in [1.54, 1.807) is 11.8 Å². The third-order valence-electron chi connectivity index (χ3n) is 4.17. The molecule has 0 aromatic heterocycles. The number of aryl methyl sites for hydroxylation is 2. The molecule has 1 fully saturated rings. The van der Waals surface area contributed by atoms with Crippen molar-refractivity contribution in [1.29, 1.82) is 0 Å². The molecule has 1 aliphatic rings. The summed E-state index contributed by atoms with van der Waals surface area (Å²) in [7, 11) is 0. The molecule has 1 N–H and O–H groups in total. The van der Waals surface area contributed by atoms with Crippen molar-refractivity contribution in [2.75, 3.05) is 11.9 Å². The molecule has 0 saturated carbocycles. The highest BCUT2D eigenvalue weighted by Crippen LogP contribution is 2.31. The molecule has 0 bridgehead atoms. The Balaban J connectivity index is 1.60. The van der Waals surface area contributed by atoms with Gasteiger partial charge in [0.2, 0.25) is 17.7 Å². The normalized spacial score (nSPS) is 14.0. The van der Waals surface area contributed by atoms with Gasteiger partial charge in [-0.2, -0.15) is 0 Å². The van der Waals surface area contributed by atoms with Crippen LogP contribution in [0.1, 0.15) is 24.0 Å². The molecule has 3 amide bonds. The van der Waals surface area contributed by atoms with Crippen LogP contribution in [0.15, 0.2) is 52.3 Å². The topological polar surface area (TPSA) is 66.5 Å². The van der Waals surface area contributed by atoms with Crippen molar-refractivity contribution in [3.05, 3.63) is 53.6 Å². The number of hydrogen-bond acceptors (Lipinski definition) is 4. The highest BCUT2D eigenvalue weighted by molar-refractivity contribution is 7.99. The maximum absolute atomic E-state index is 12.1. The van der Waals surface area contributed by atoms with E-state index in [-0.39, 0.29) is 37.1 Å². The number of carbonyl (C=O) groups is 3. The monoisotopic (exact) mass is 368 g/mol.